The van der Waals surface area contributed by atoms with Crippen LogP contribution < -0.4 is 10.1 Å². The van der Waals surface area contributed by atoms with E-state index in [-0.39, 0.29) is 18.0 Å². The molecule has 0 saturated heterocycles. The number of halogens is 1. The van der Waals surface area contributed by atoms with Crippen LogP contribution in [0.3, 0.4) is 0 Å². The summed E-state index contributed by atoms with van der Waals surface area (Å²) in [5.74, 6) is 0.0473. The van der Waals surface area contributed by atoms with Crippen LogP contribution in [0.4, 0.5) is 10.1 Å². The quantitative estimate of drug-likeness (QED) is 0.375. The standard InChI is InChI=1S/C27H22FN5O2/c1-17-6-5-9-26(30-17)33-25(21-12-13-29-23-8-4-3-7-20(21)23)14-18(32-33)15-27(34)31-24-11-10-19(35-2)16-22(24)28/h3-14,16H,15H2,1-2H3,(H,31,34). The van der Waals surface area contributed by atoms with E-state index >= 15 is 0 Å². The van der Waals surface area contributed by atoms with Gasteiger partial charge in [0.2, 0.25) is 5.91 Å². The number of hydrogen-bond donors (Lipinski definition) is 1. The number of anilines is 1. The highest BCUT2D eigenvalue weighted by Crippen LogP contribution is 2.30. The minimum absolute atomic E-state index is 0.0414. The number of ether oxygens (including phenoxy) is 1. The normalized spacial score (nSPS) is 10.9. The molecular weight excluding hydrogens is 445 g/mol. The number of amides is 1. The van der Waals surface area contributed by atoms with Gasteiger partial charge in [-0.25, -0.2) is 14.1 Å². The predicted octanol–water partition coefficient (Wildman–Crippen LogP) is 5.12. The minimum Gasteiger partial charge on any atom is -0.497 e. The Hall–Kier alpha value is -4.59. The van der Waals surface area contributed by atoms with Crippen LogP contribution in [0.1, 0.15) is 11.4 Å². The molecule has 5 rings (SSSR count). The van der Waals surface area contributed by atoms with Gasteiger partial charge in [-0.1, -0.05) is 24.3 Å². The summed E-state index contributed by atoms with van der Waals surface area (Å²) in [5, 5.41) is 8.27. The van der Waals surface area contributed by atoms with Crippen molar-refractivity contribution in [3.05, 3.63) is 96.2 Å². The number of carbonyl (C=O) groups excluding carboxylic acids is 1. The van der Waals surface area contributed by atoms with E-state index in [2.05, 4.69) is 15.3 Å². The lowest BCUT2D eigenvalue weighted by Gasteiger charge is -2.09. The van der Waals surface area contributed by atoms with Crippen molar-refractivity contribution in [1.82, 2.24) is 19.7 Å². The molecule has 7 nitrogen and oxygen atoms in total. The molecule has 0 saturated carbocycles. The number of pyridine rings is 2. The van der Waals surface area contributed by atoms with E-state index in [1.807, 2.05) is 61.5 Å². The number of aromatic nitrogens is 4. The first-order chi connectivity index (χ1) is 17.0. The van der Waals surface area contributed by atoms with E-state index < -0.39 is 5.82 Å². The molecule has 8 heteroatoms. The number of benzene rings is 2. The second-order valence-electron chi connectivity index (χ2n) is 8.02. The summed E-state index contributed by atoms with van der Waals surface area (Å²) >= 11 is 0. The van der Waals surface area contributed by atoms with Crippen LogP contribution in [0.15, 0.2) is 79.0 Å². The number of nitrogens with zero attached hydrogens (tertiary/aromatic N) is 4. The fourth-order valence-electron chi connectivity index (χ4n) is 3.93. The zero-order valence-corrected chi connectivity index (χ0v) is 19.2. The van der Waals surface area contributed by atoms with E-state index in [0.717, 1.165) is 27.9 Å². The van der Waals surface area contributed by atoms with Crippen molar-refractivity contribution in [3.8, 4) is 22.8 Å². The zero-order valence-electron chi connectivity index (χ0n) is 19.2. The molecule has 0 bridgehead atoms. The molecule has 2 aromatic carbocycles. The van der Waals surface area contributed by atoms with Gasteiger partial charge in [-0.2, -0.15) is 5.10 Å². The molecule has 0 radical (unpaired) electrons. The Morgan fingerprint density at radius 3 is 2.71 bits per heavy atom. The summed E-state index contributed by atoms with van der Waals surface area (Å²) in [5.41, 5.74) is 3.99. The van der Waals surface area contributed by atoms with Gasteiger partial charge in [0, 0.05) is 28.9 Å². The van der Waals surface area contributed by atoms with Gasteiger partial charge >= 0.3 is 0 Å². The maximum atomic E-state index is 14.3. The number of hydrogen-bond acceptors (Lipinski definition) is 5. The lowest BCUT2D eigenvalue weighted by Crippen LogP contribution is -2.16. The SMILES string of the molecule is COc1ccc(NC(=O)Cc2cc(-c3ccnc4ccccc34)n(-c3cccc(C)n3)n2)c(F)c1. The molecule has 1 amide bonds. The van der Waals surface area contributed by atoms with Crippen LogP contribution in [-0.4, -0.2) is 32.8 Å². The van der Waals surface area contributed by atoms with Crippen LogP contribution in [-0.2, 0) is 11.2 Å². The topological polar surface area (TPSA) is 81.9 Å². The molecule has 0 unspecified atom stereocenters. The molecule has 35 heavy (non-hydrogen) atoms. The third-order valence-electron chi connectivity index (χ3n) is 5.57. The van der Waals surface area contributed by atoms with Gasteiger partial charge in [0.1, 0.15) is 11.6 Å². The summed E-state index contributed by atoms with van der Waals surface area (Å²) in [7, 11) is 1.45. The molecule has 0 aliphatic carbocycles. The Labute approximate surface area is 201 Å². The molecule has 0 aliphatic rings. The van der Waals surface area contributed by atoms with Crippen molar-refractivity contribution < 1.29 is 13.9 Å². The molecule has 3 aromatic heterocycles. The second kappa shape index (κ2) is 9.34. The number of methoxy groups -OCH3 is 1. The van der Waals surface area contributed by atoms with Crippen LogP contribution >= 0.6 is 0 Å². The fourth-order valence-corrected chi connectivity index (χ4v) is 3.93. The van der Waals surface area contributed by atoms with Gasteiger partial charge in [-0.3, -0.25) is 9.78 Å². The van der Waals surface area contributed by atoms with Crippen molar-refractivity contribution in [2.45, 2.75) is 13.3 Å². The highest BCUT2D eigenvalue weighted by molar-refractivity contribution is 5.95. The number of para-hydroxylation sites is 1. The molecule has 0 fully saturated rings. The highest BCUT2D eigenvalue weighted by Gasteiger charge is 2.18. The van der Waals surface area contributed by atoms with Gasteiger partial charge in [0.25, 0.3) is 0 Å². The van der Waals surface area contributed by atoms with E-state index in [9.17, 15) is 9.18 Å². The molecule has 1 N–H and O–H groups in total. The Morgan fingerprint density at radius 2 is 1.91 bits per heavy atom. The average Bonchev–Trinajstić information content (AvgIpc) is 3.28. The third-order valence-corrected chi connectivity index (χ3v) is 5.57. The van der Waals surface area contributed by atoms with Crippen molar-refractivity contribution in [1.29, 1.82) is 0 Å². The monoisotopic (exact) mass is 467 g/mol. The largest absolute Gasteiger partial charge is 0.497 e. The summed E-state index contributed by atoms with van der Waals surface area (Å²) in [6, 6.07) is 21.6. The lowest BCUT2D eigenvalue weighted by molar-refractivity contribution is -0.115. The Kier molecular flexibility index (Phi) is 5.93. The maximum absolute atomic E-state index is 14.3. The van der Waals surface area contributed by atoms with Crippen LogP contribution in [0, 0.1) is 12.7 Å². The molecule has 3 heterocycles. The maximum Gasteiger partial charge on any atom is 0.230 e. The first kappa shape index (κ1) is 22.2. The third kappa shape index (κ3) is 4.59. The first-order valence-electron chi connectivity index (χ1n) is 11.0. The molecule has 0 spiro atoms. The van der Waals surface area contributed by atoms with E-state index in [4.69, 9.17) is 9.84 Å². The molecule has 5 aromatic rings. The van der Waals surface area contributed by atoms with E-state index in [1.54, 1.807) is 16.9 Å². The Balaban J connectivity index is 1.52. The fraction of sp³-hybridized carbons (Fsp3) is 0.111. The van der Waals surface area contributed by atoms with Crippen molar-refractivity contribution in [3.63, 3.8) is 0 Å². The van der Waals surface area contributed by atoms with Crippen molar-refractivity contribution >= 4 is 22.5 Å². The van der Waals surface area contributed by atoms with Crippen LogP contribution in [0.2, 0.25) is 0 Å². The van der Waals surface area contributed by atoms with Crippen LogP contribution in [0.5, 0.6) is 5.75 Å². The molecule has 0 atom stereocenters. The smallest absolute Gasteiger partial charge is 0.230 e. The molecule has 0 aliphatic heterocycles. The van der Waals surface area contributed by atoms with Gasteiger partial charge in [-0.15, -0.1) is 0 Å². The van der Waals surface area contributed by atoms with Gasteiger partial charge in [0.15, 0.2) is 5.82 Å². The molecule has 174 valence electrons. The minimum atomic E-state index is -0.573. The number of nitrogens with one attached hydrogen (secondary N) is 1. The van der Waals surface area contributed by atoms with Gasteiger partial charge in [-0.05, 0) is 49.4 Å². The highest BCUT2D eigenvalue weighted by atomic mass is 19.1. The van der Waals surface area contributed by atoms with Crippen LogP contribution in [0.25, 0.3) is 28.0 Å². The predicted molar refractivity (Wildman–Crippen MR) is 132 cm³/mol. The second-order valence-corrected chi connectivity index (χ2v) is 8.02. The van der Waals surface area contributed by atoms with E-state index in [0.29, 0.717) is 17.3 Å². The lowest BCUT2D eigenvalue weighted by atomic mass is 10.1. The van der Waals surface area contributed by atoms with Gasteiger partial charge in [0.05, 0.1) is 36.1 Å². The van der Waals surface area contributed by atoms with Crippen molar-refractivity contribution in [2.24, 2.45) is 0 Å². The average molecular weight is 468 g/mol. The first-order valence-corrected chi connectivity index (χ1v) is 11.0. The van der Waals surface area contributed by atoms with Crippen molar-refractivity contribution in [2.75, 3.05) is 12.4 Å². The number of fused-ring (bicyclic) bond motifs is 1. The summed E-state index contributed by atoms with van der Waals surface area (Å²) in [6.45, 7) is 1.91. The number of rotatable bonds is 6. The van der Waals surface area contributed by atoms with E-state index in [1.165, 1.54) is 19.2 Å². The Bertz CT molecular complexity index is 1540. The molecular formula is C27H22FN5O2. The summed E-state index contributed by atoms with van der Waals surface area (Å²) in [4.78, 5) is 21.8. The summed E-state index contributed by atoms with van der Waals surface area (Å²) in [6.07, 6.45) is 1.71. The zero-order chi connectivity index (χ0) is 24.4. The number of aryl methyl sites for hydroxylation is 1. The Morgan fingerprint density at radius 1 is 1.06 bits per heavy atom. The summed E-state index contributed by atoms with van der Waals surface area (Å²) < 4.78 is 21.0. The van der Waals surface area contributed by atoms with Gasteiger partial charge < -0.3 is 10.1 Å². The number of carbonyl (C=O) groups is 1.